The fourth-order valence-corrected chi connectivity index (χ4v) is 2.88. The standard InChI is InChI=1S/C19H16N2O/c1-19(2)16-9-5-4-8-15(16)18(21-22-19)14-11-13-7-3-6-10-17(13)20-12-14/h3-12H,1-2H3. The topological polar surface area (TPSA) is 34.5 Å². The molecule has 0 N–H and O–H groups in total. The minimum atomic E-state index is -0.412. The first-order valence-corrected chi connectivity index (χ1v) is 7.36. The summed E-state index contributed by atoms with van der Waals surface area (Å²) in [5, 5.41) is 5.48. The van der Waals surface area contributed by atoms with E-state index in [0.717, 1.165) is 33.3 Å². The number of benzene rings is 2. The molecule has 1 aromatic heterocycles. The van der Waals surface area contributed by atoms with Gasteiger partial charge in [0.25, 0.3) is 0 Å². The fourth-order valence-electron chi connectivity index (χ4n) is 2.88. The monoisotopic (exact) mass is 288 g/mol. The first-order valence-electron chi connectivity index (χ1n) is 7.36. The maximum absolute atomic E-state index is 5.73. The number of rotatable bonds is 1. The molecule has 0 amide bonds. The van der Waals surface area contributed by atoms with Crippen molar-refractivity contribution in [1.29, 1.82) is 0 Å². The number of pyridine rings is 1. The highest BCUT2D eigenvalue weighted by atomic mass is 16.6. The fraction of sp³-hybridized carbons (Fsp3) is 0.158. The summed E-state index contributed by atoms with van der Waals surface area (Å²) in [6.45, 7) is 4.06. The molecule has 0 atom stereocenters. The largest absolute Gasteiger partial charge is 0.384 e. The first-order chi connectivity index (χ1) is 10.6. The molecule has 3 heteroatoms. The summed E-state index contributed by atoms with van der Waals surface area (Å²) >= 11 is 0. The molecule has 0 aliphatic carbocycles. The Balaban J connectivity index is 1.90. The van der Waals surface area contributed by atoms with Gasteiger partial charge in [0.15, 0.2) is 5.60 Å². The Hall–Kier alpha value is -2.68. The highest BCUT2D eigenvalue weighted by molar-refractivity contribution is 6.14. The van der Waals surface area contributed by atoms with Gasteiger partial charge in [-0.3, -0.25) is 4.98 Å². The lowest BCUT2D eigenvalue weighted by molar-refractivity contribution is -0.0223. The first kappa shape index (κ1) is 13.0. The van der Waals surface area contributed by atoms with E-state index < -0.39 is 5.60 Å². The Kier molecular flexibility index (Phi) is 2.76. The molecule has 0 saturated heterocycles. The number of aromatic nitrogens is 1. The minimum Gasteiger partial charge on any atom is -0.384 e. The van der Waals surface area contributed by atoms with Crippen LogP contribution in [0.3, 0.4) is 0 Å². The summed E-state index contributed by atoms with van der Waals surface area (Å²) in [4.78, 5) is 10.3. The van der Waals surface area contributed by atoms with Crippen LogP contribution in [0.1, 0.15) is 30.5 Å². The second-order valence-corrected chi connectivity index (χ2v) is 6.00. The maximum Gasteiger partial charge on any atom is 0.157 e. The molecule has 1 aliphatic rings. The van der Waals surface area contributed by atoms with Crippen LogP contribution in [0.25, 0.3) is 10.9 Å². The number of hydrogen-bond acceptors (Lipinski definition) is 3. The number of para-hydroxylation sites is 1. The molecule has 0 radical (unpaired) electrons. The van der Waals surface area contributed by atoms with Gasteiger partial charge in [-0.15, -0.1) is 0 Å². The Labute approximate surface area is 129 Å². The molecule has 2 heterocycles. The molecule has 22 heavy (non-hydrogen) atoms. The molecule has 0 unspecified atom stereocenters. The maximum atomic E-state index is 5.73. The van der Waals surface area contributed by atoms with E-state index in [0.29, 0.717) is 0 Å². The molecular weight excluding hydrogens is 272 g/mol. The average Bonchev–Trinajstić information content (AvgIpc) is 2.55. The molecule has 4 rings (SSSR count). The molecule has 2 aromatic carbocycles. The lowest BCUT2D eigenvalue weighted by Crippen LogP contribution is -2.28. The number of oxime groups is 1. The number of hydrogen-bond donors (Lipinski definition) is 0. The average molecular weight is 288 g/mol. The van der Waals surface area contributed by atoms with Crippen molar-refractivity contribution in [3.05, 3.63) is 77.5 Å². The summed E-state index contributed by atoms with van der Waals surface area (Å²) in [7, 11) is 0. The third-order valence-corrected chi connectivity index (χ3v) is 4.06. The SMILES string of the molecule is CC1(C)ON=C(c2cnc3ccccc3c2)c2ccccc21. The molecule has 0 fully saturated rings. The highest BCUT2D eigenvalue weighted by Crippen LogP contribution is 2.34. The van der Waals surface area contributed by atoms with E-state index in [1.807, 2.05) is 50.4 Å². The summed E-state index contributed by atoms with van der Waals surface area (Å²) in [6, 6.07) is 18.4. The number of fused-ring (bicyclic) bond motifs is 2. The second kappa shape index (κ2) is 4.67. The van der Waals surface area contributed by atoms with Crippen molar-refractivity contribution in [3.63, 3.8) is 0 Å². The molecule has 0 spiro atoms. The molecule has 3 nitrogen and oxygen atoms in total. The van der Waals surface area contributed by atoms with Gasteiger partial charge in [0, 0.05) is 28.3 Å². The van der Waals surface area contributed by atoms with E-state index in [-0.39, 0.29) is 0 Å². The van der Waals surface area contributed by atoms with Crippen LogP contribution in [-0.2, 0) is 10.4 Å². The van der Waals surface area contributed by atoms with E-state index in [1.54, 1.807) is 0 Å². The van der Waals surface area contributed by atoms with Crippen molar-refractivity contribution in [2.45, 2.75) is 19.4 Å². The smallest absolute Gasteiger partial charge is 0.157 e. The van der Waals surface area contributed by atoms with Crippen LogP contribution in [0.15, 0.2) is 65.9 Å². The molecule has 1 aliphatic heterocycles. The van der Waals surface area contributed by atoms with Gasteiger partial charge in [-0.05, 0) is 26.0 Å². The summed E-state index contributed by atoms with van der Waals surface area (Å²) in [6.07, 6.45) is 1.86. The highest BCUT2D eigenvalue weighted by Gasteiger charge is 2.31. The van der Waals surface area contributed by atoms with Gasteiger partial charge in [0.1, 0.15) is 5.71 Å². The number of nitrogens with zero attached hydrogens (tertiary/aromatic N) is 2. The zero-order valence-electron chi connectivity index (χ0n) is 12.6. The Morgan fingerprint density at radius 1 is 0.955 bits per heavy atom. The Morgan fingerprint density at radius 3 is 2.64 bits per heavy atom. The van der Waals surface area contributed by atoms with Gasteiger partial charge in [0.05, 0.1) is 5.52 Å². The van der Waals surface area contributed by atoms with Crippen LogP contribution in [0.2, 0.25) is 0 Å². The van der Waals surface area contributed by atoms with E-state index >= 15 is 0 Å². The van der Waals surface area contributed by atoms with E-state index in [4.69, 9.17) is 4.84 Å². The summed E-state index contributed by atoms with van der Waals surface area (Å²) < 4.78 is 0. The summed E-state index contributed by atoms with van der Waals surface area (Å²) in [5.74, 6) is 0. The van der Waals surface area contributed by atoms with Gasteiger partial charge in [-0.1, -0.05) is 47.6 Å². The van der Waals surface area contributed by atoms with E-state index in [1.165, 1.54) is 0 Å². The van der Waals surface area contributed by atoms with Gasteiger partial charge >= 0.3 is 0 Å². The molecule has 0 bridgehead atoms. The van der Waals surface area contributed by atoms with Crippen LogP contribution in [-0.4, -0.2) is 10.7 Å². The molecule has 108 valence electrons. The van der Waals surface area contributed by atoms with Gasteiger partial charge < -0.3 is 4.84 Å². The minimum absolute atomic E-state index is 0.412. The third-order valence-electron chi connectivity index (χ3n) is 4.06. The zero-order valence-corrected chi connectivity index (χ0v) is 12.6. The quantitative estimate of drug-likeness (QED) is 0.671. The predicted molar refractivity (Wildman–Crippen MR) is 87.9 cm³/mol. The molecule has 3 aromatic rings. The second-order valence-electron chi connectivity index (χ2n) is 6.00. The normalized spacial score (nSPS) is 15.8. The molecule has 0 saturated carbocycles. The van der Waals surface area contributed by atoms with Gasteiger partial charge in [0.2, 0.25) is 0 Å². The molecular formula is C19H16N2O. The Bertz CT molecular complexity index is 897. The van der Waals surface area contributed by atoms with Crippen molar-refractivity contribution in [2.75, 3.05) is 0 Å². The van der Waals surface area contributed by atoms with Crippen LogP contribution in [0.4, 0.5) is 0 Å². The lowest BCUT2D eigenvalue weighted by atomic mass is 9.88. The zero-order chi connectivity index (χ0) is 15.2. The van der Waals surface area contributed by atoms with Crippen molar-refractivity contribution < 1.29 is 4.84 Å². The van der Waals surface area contributed by atoms with Gasteiger partial charge in [-0.25, -0.2) is 0 Å². The van der Waals surface area contributed by atoms with Crippen molar-refractivity contribution in [3.8, 4) is 0 Å². The van der Waals surface area contributed by atoms with E-state index in [2.05, 4.69) is 34.4 Å². The van der Waals surface area contributed by atoms with Gasteiger partial charge in [-0.2, -0.15) is 0 Å². The predicted octanol–water partition coefficient (Wildman–Crippen LogP) is 4.25. The lowest BCUT2D eigenvalue weighted by Gasteiger charge is -2.30. The third kappa shape index (κ3) is 1.98. The van der Waals surface area contributed by atoms with Crippen molar-refractivity contribution >= 4 is 16.6 Å². The van der Waals surface area contributed by atoms with Crippen LogP contribution in [0, 0.1) is 0 Å². The van der Waals surface area contributed by atoms with Crippen molar-refractivity contribution in [1.82, 2.24) is 4.98 Å². The van der Waals surface area contributed by atoms with Crippen LogP contribution < -0.4 is 0 Å². The van der Waals surface area contributed by atoms with E-state index in [9.17, 15) is 0 Å². The van der Waals surface area contributed by atoms with Crippen LogP contribution in [0.5, 0.6) is 0 Å². The Morgan fingerprint density at radius 2 is 1.73 bits per heavy atom. The summed E-state index contributed by atoms with van der Waals surface area (Å²) in [5.41, 5.74) is 4.64. The van der Waals surface area contributed by atoms with Crippen molar-refractivity contribution in [2.24, 2.45) is 5.16 Å². The van der Waals surface area contributed by atoms with Crippen LogP contribution >= 0.6 is 0 Å².